The summed E-state index contributed by atoms with van der Waals surface area (Å²) in [4.78, 5) is 0. The van der Waals surface area contributed by atoms with Crippen LogP contribution in [0.1, 0.15) is 18.9 Å². The lowest BCUT2D eigenvalue weighted by molar-refractivity contribution is 0.788. The van der Waals surface area contributed by atoms with E-state index in [9.17, 15) is 0 Å². The summed E-state index contributed by atoms with van der Waals surface area (Å²) in [5.74, 6) is 0. The van der Waals surface area contributed by atoms with Crippen molar-refractivity contribution in [1.29, 1.82) is 0 Å². The third-order valence-corrected chi connectivity index (χ3v) is 2.35. The van der Waals surface area contributed by atoms with E-state index in [0.717, 1.165) is 17.7 Å². The molecule has 0 spiro atoms. The summed E-state index contributed by atoms with van der Waals surface area (Å²) in [5.41, 5.74) is 1.92. The zero-order valence-electron chi connectivity index (χ0n) is 8.84. The minimum absolute atomic E-state index is 0.701. The fourth-order valence-electron chi connectivity index (χ4n) is 1.38. The molecule has 0 aliphatic heterocycles. The zero-order valence-corrected chi connectivity index (χ0v) is 9.59. The fourth-order valence-corrected chi connectivity index (χ4v) is 1.56. The monoisotopic (exact) mass is 234 g/mol. The Balaban J connectivity index is 2.48. The molecule has 0 unspecified atom stereocenters. The van der Waals surface area contributed by atoms with Gasteiger partial charge in [-0.15, -0.1) is 5.10 Å². The molecule has 1 aromatic heterocycles. The molecule has 0 bridgehead atoms. The third-order valence-electron chi connectivity index (χ3n) is 2.12. The van der Waals surface area contributed by atoms with Crippen molar-refractivity contribution in [1.82, 2.24) is 20.2 Å². The lowest BCUT2D eigenvalue weighted by Gasteiger charge is -2.04. The highest BCUT2D eigenvalue weighted by atomic mass is 35.5. The molecule has 82 valence electrons. The van der Waals surface area contributed by atoms with Crippen LogP contribution < -0.4 is 0 Å². The van der Waals surface area contributed by atoms with Crippen LogP contribution in [0.2, 0.25) is 5.02 Å². The van der Waals surface area contributed by atoms with E-state index in [-0.39, 0.29) is 0 Å². The highest BCUT2D eigenvalue weighted by Crippen LogP contribution is 2.20. The molecule has 1 aromatic carbocycles. The average molecular weight is 235 g/mol. The Labute approximate surface area is 98.5 Å². The van der Waals surface area contributed by atoms with Crippen LogP contribution >= 0.6 is 11.6 Å². The van der Waals surface area contributed by atoms with E-state index in [4.69, 9.17) is 11.6 Å². The van der Waals surface area contributed by atoms with Gasteiger partial charge in [0.05, 0.1) is 5.69 Å². The standard InChI is InChI=1S/C11H11ClN4/c1-2-3-4-9-7-10(12)5-6-11(9)16-8-13-14-15-16/h3-8H,2H2,1H3. The largest absolute Gasteiger partial charge is 0.200 e. The summed E-state index contributed by atoms with van der Waals surface area (Å²) >= 11 is 5.96. The maximum Gasteiger partial charge on any atom is 0.143 e. The number of halogens is 1. The van der Waals surface area contributed by atoms with Gasteiger partial charge in [0.2, 0.25) is 0 Å². The second-order valence-electron chi connectivity index (χ2n) is 3.27. The van der Waals surface area contributed by atoms with Gasteiger partial charge in [0, 0.05) is 10.6 Å². The van der Waals surface area contributed by atoms with E-state index < -0.39 is 0 Å². The second-order valence-corrected chi connectivity index (χ2v) is 3.70. The van der Waals surface area contributed by atoms with Gasteiger partial charge < -0.3 is 0 Å². The Morgan fingerprint density at radius 1 is 1.44 bits per heavy atom. The molecule has 5 heteroatoms. The maximum absolute atomic E-state index is 5.96. The molecule has 1 heterocycles. The summed E-state index contributed by atoms with van der Waals surface area (Å²) in [6.45, 7) is 2.08. The first-order valence-corrected chi connectivity index (χ1v) is 5.38. The molecule has 2 rings (SSSR count). The average Bonchev–Trinajstić information content (AvgIpc) is 2.80. The first-order chi connectivity index (χ1) is 7.81. The molecule has 0 saturated heterocycles. The summed E-state index contributed by atoms with van der Waals surface area (Å²) < 4.78 is 1.62. The Bertz CT molecular complexity index is 491. The molecular weight excluding hydrogens is 224 g/mol. The van der Waals surface area contributed by atoms with Crippen LogP contribution in [-0.2, 0) is 0 Å². The summed E-state index contributed by atoms with van der Waals surface area (Å²) in [6.07, 6.45) is 6.62. The molecule has 0 saturated carbocycles. The Morgan fingerprint density at radius 2 is 2.31 bits per heavy atom. The molecule has 0 aliphatic rings. The maximum atomic E-state index is 5.96. The summed E-state index contributed by atoms with van der Waals surface area (Å²) in [5, 5.41) is 11.8. The molecular formula is C11H11ClN4. The van der Waals surface area contributed by atoms with Crippen LogP contribution in [0.3, 0.4) is 0 Å². The Morgan fingerprint density at radius 3 is 3.00 bits per heavy atom. The van der Waals surface area contributed by atoms with E-state index in [1.165, 1.54) is 0 Å². The summed E-state index contributed by atoms with van der Waals surface area (Å²) in [7, 11) is 0. The predicted octanol–water partition coefficient (Wildman–Crippen LogP) is 2.74. The molecule has 0 atom stereocenters. The van der Waals surface area contributed by atoms with Crippen molar-refractivity contribution in [2.45, 2.75) is 13.3 Å². The van der Waals surface area contributed by atoms with Gasteiger partial charge in [-0.3, -0.25) is 0 Å². The van der Waals surface area contributed by atoms with Gasteiger partial charge in [-0.2, -0.15) is 4.68 Å². The lowest BCUT2D eigenvalue weighted by Crippen LogP contribution is -1.97. The van der Waals surface area contributed by atoms with E-state index in [1.54, 1.807) is 11.0 Å². The number of hydrogen-bond acceptors (Lipinski definition) is 3. The quantitative estimate of drug-likeness (QED) is 0.820. The van der Waals surface area contributed by atoms with Gasteiger partial charge in [0.25, 0.3) is 0 Å². The Hall–Kier alpha value is -1.68. The van der Waals surface area contributed by atoms with E-state index >= 15 is 0 Å². The smallest absolute Gasteiger partial charge is 0.143 e. The van der Waals surface area contributed by atoms with Gasteiger partial charge in [-0.1, -0.05) is 30.7 Å². The first-order valence-electron chi connectivity index (χ1n) is 5.00. The molecule has 0 amide bonds. The summed E-state index contributed by atoms with van der Waals surface area (Å²) in [6, 6.07) is 5.61. The van der Waals surface area contributed by atoms with Crippen LogP contribution in [0.4, 0.5) is 0 Å². The van der Waals surface area contributed by atoms with Crippen molar-refractivity contribution in [2.24, 2.45) is 0 Å². The Kier molecular flexibility index (Phi) is 3.31. The molecule has 16 heavy (non-hydrogen) atoms. The number of aromatic nitrogens is 4. The van der Waals surface area contributed by atoms with E-state index in [1.807, 2.05) is 24.3 Å². The highest BCUT2D eigenvalue weighted by Gasteiger charge is 2.03. The van der Waals surface area contributed by atoms with Crippen LogP contribution in [-0.4, -0.2) is 20.2 Å². The van der Waals surface area contributed by atoms with Gasteiger partial charge in [-0.25, -0.2) is 0 Å². The van der Waals surface area contributed by atoms with Gasteiger partial charge >= 0.3 is 0 Å². The molecule has 4 nitrogen and oxygen atoms in total. The zero-order chi connectivity index (χ0) is 11.4. The van der Waals surface area contributed by atoms with Crippen LogP contribution in [0.25, 0.3) is 11.8 Å². The minimum atomic E-state index is 0.701. The number of nitrogens with zero attached hydrogens (tertiary/aromatic N) is 4. The predicted molar refractivity (Wildman–Crippen MR) is 63.5 cm³/mol. The van der Waals surface area contributed by atoms with Crippen LogP contribution in [0, 0.1) is 0 Å². The van der Waals surface area contributed by atoms with Crippen molar-refractivity contribution in [3.63, 3.8) is 0 Å². The number of benzene rings is 1. The minimum Gasteiger partial charge on any atom is -0.200 e. The van der Waals surface area contributed by atoms with Gasteiger partial charge in [0.1, 0.15) is 6.33 Å². The van der Waals surface area contributed by atoms with E-state index in [0.29, 0.717) is 5.02 Å². The SMILES string of the molecule is CCC=Cc1cc(Cl)ccc1-n1cnnn1. The van der Waals surface area contributed by atoms with Crippen molar-refractivity contribution >= 4 is 17.7 Å². The fraction of sp³-hybridized carbons (Fsp3) is 0.182. The second kappa shape index (κ2) is 4.90. The van der Waals surface area contributed by atoms with Gasteiger partial charge in [0.15, 0.2) is 0 Å². The number of tetrazole rings is 1. The van der Waals surface area contributed by atoms with Crippen molar-refractivity contribution < 1.29 is 0 Å². The molecule has 0 fully saturated rings. The van der Waals surface area contributed by atoms with Crippen molar-refractivity contribution in [3.05, 3.63) is 41.2 Å². The van der Waals surface area contributed by atoms with Gasteiger partial charge in [-0.05, 0) is 35.0 Å². The lowest BCUT2D eigenvalue weighted by atomic mass is 10.1. The first kappa shape index (κ1) is 10.8. The van der Waals surface area contributed by atoms with Crippen LogP contribution in [0.5, 0.6) is 0 Å². The number of rotatable bonds is 3. The molecule has 0 radical (unpaired) electrons. The normalized spacial score (nSPS) is 11.1. The highest BCUT2D eigenvalue weighted by molar-refractivity contribution is 6.30. The third kappa shape index (κ3) is 2.28. The molecule has 0 N–H and O–H groups in total. The number of hydrogen-bond donors (Lipinski definition) is 0. The molecule has 0 aliphatic carbocycles. The van der Waals surface area contributed by atoms with Crippen molar-refractivity contribution in [2.75, 3.05) is 0 Å². The van der Waals surface area contributed by atoms with Crippen LogP contribution in [0.15, 0.2) is 30.6 Å². The number of allylic oxidation sites excluding steroid dienone is 1. The van der Waals surface area contributed by atoms with Crippen molar-refractivity contribution in [3.8, 4) is 5.69 Å². The topological polar surface area (TPSA) is 43.6 Å². The van der Waals surface area contributed by atoms with E-state index in [2.05, 4.69) is 28.5 Å². The molecule has 2 aromatic rings.